The van der Waals surface area contributed by atoms with Crippen molar-refractivity contribution in [1.82, 2.24) is 14.7 Å². The van der Waals surface area contributed by atoms with E-state index in [1.165, 1.54) is 34.9 Å². The van der Waals surface area contributed by atoms with Crippen molar-refractivity contribution in [2.75, 3.05) is 26.0 Å². The number of likely N-dealkylation sites (tertiary alicyclic amines) is 1. The van der Waals surface area contributed by atoms with E-state index in [9.17, 15) is 14.0 Å². The number of methoxy groups -OCH3 is 1. The van der Waals surface area contributed by atoms with E-state index in [1.807, 2.05) is 0 Å². The van der Waals surface area contributed by atoms with Crippen molar-refractivity contribution in [2.45, 2.75) is 5.92 Å². The molecule has 3 rings (SSSR count). The van der Waals surface area contributed by atoms with E-state index in [0.29, 0.717) is 17.3 Å². The SMILES string of the molecule is COc1c(F)cccc1NC(=O)[C@H]1C(=O)N(C)C[C@@H]1c1cnn(C)c1Cl. The lowest BCUT2D eigenvalue weighted by molar-refractivity contribution is -0.135. The minimum absolute atomic E-state index is 0.0874. The van der Waals surface area contributed by atoms with Crippen molar-refractivity contribution in [1.29, 1.82) is 0 Å². The summed E-state index contributed by atoms with van der Waals surface area (Å²) in [4.78, 5) is 26.9. The molecule has 1 aromatic heterocycles. The van der Waals surface area contributed by atoms with Crippen molar-refractivity contribution < 1.29 is 18.7 Å². The molecule has 1 saturated heterocycles. The van der Waals surface area contributed by atoms with Crippen molar-refractivity contribution in [3.05, 3.63) is 40.9 Å². The molecule has 7 nitrogen and oxygen atoms in total. The second-order valence-electron chi connectivity index (χ2n) is 6.13. The molecule has 1 aliphatic heterocycles. The topological polar surface area (TPSA) is 76.5 Å². The lowest BCUT2D eigenvalue weighted by Crippen LogP contribution is -2.32. The fraction of sp³-hybridized carbons (Fsp3) is 0.353. The van der Waals surface area contributed by atoms with Gasteiger partial charge in [-0.15, -0.1) is 0 Å². The molecular formula is C17H18ClFN4O3. The molecule has 0 spiro atoms. The number of nitrogens with one attached hydrogen (secondary N) is 1. The van der Waals surface area contributed by atoms with Crippen LogP contribution in [0, 0.1) is 11.7 Å². The smallest absolute Gasteiger partial charge is 0.237 e. The fourth-order valence-electron chi connectivity index (χ4n) is 3.19. The molecule has 1 aliphatic rings. The van der Waals surface area contributed by atoms with Crippen molar-refractivity contribution in [3.8, 4) is 5.75 Å². The third kappa shape index (κ3) is 3.01. The van der Waals surface area contributed by atoms with E-state index in [1.54, 1.807) is 20.3 Å². The number of rotatable bonds is 4. The van der Waals surface area contributed by atoms with Crippen LogP contribution >= 0.6 is 11.6 Å². The van der Waals surface area contributed by atoms with E-state index < -0.39 is 23.6 Å². The highest BCUT2D eigenvalue weighted by atomic mass is 35.5. The van der Waals surface area contributed by atoms with Crippen LogP contribution in [0.4, 0.5) is 10.1 Å². The molecule has 1 aromatic carbocycles. The molecule has 0 aliphatic carbocycles. The van der Waals surface area contributed by atoms with Gasteiger partial charge in [0, 0.05) is 32.1 Å². The summed E-state index contributed by atoms with van der Waals surface area (Å²) in [5.74, 6) is -3.01. The molecule has 2 heterocycles. The number of nitrogens with zero attached hydrogens (tertiary/aromatic N) is 3. The van der Waals surface area contributed by atoms with Crippen LogP contribution in [0.1, 0.15) is 11.5 Å². The monoisotopic (exact) mass is 380 g/mol. The molecule has 0 saturated carbocycles. The summed E-state index contributed by atoms with van der Waals surface area (Å²) in [6.45, 7) is 0.336. The number of carbonyl (C=O) groups excluding carboxylic acids is 2. The van der Waals surface area contributed by atoms with Crippen LogP contribution in [0.5, 0.6) is 5.75 Å². The highest BCUT2D eigenvalue weighted by Gasteiger charge is 2.45. The summed E-state index contributed by atoms with van der Waals surface area (Å²) in [6.07, 6.45) is 1.56. The quantitative estimate of drug-likeness (QED) is 0.823. The summed E-state index contributed by atoms with van der Waals surface area (Å²) in [5.41, 5.74) is 0.786. The minimum Gasteiger partial charge on any atom is -0.492 e. The zero-order chi connectivity index (χ0) is 19.0. The standard InChI is InChI=1S/C17H18ClFN4O3/c1-22-8-10(9-7-20-23(2)15(9)18)13(17(22)25)16(24)21-12-6-4-5-11(19)14(12)26-3/h4-7,10,13H,8H2,1-3H3,(H,21,24)/t10-,13+/m1/s1. The summed E-state index contributed by atoms with van der Waals surface area (Å²) < 4.78 is 20.3. The average molecular weight is 381 g/mol. The van der Waals surface area contributed by atoms with Gasteiger partial charge >= 0.3 is 0 Å². The van der Waals surface area contributed by atoms with Crippen LogP contribution in [0.3, 0.4) is 0 Å². The van der Waals surface area contributed by atoms with Gasteiger partial charge in [0.05, 0.1) is 19.0 Å². The molecule has 0 unspecified atom stereocenters. The number of hydrogen-bond donors (Lipinski definition) is 1. The molecule has 0 bridgehead atoms. The fourth-order valence-corrected chi connectivity index (χ4v) is 3.42. The van der Waals surface area contributed by atoms with E-state index in [0.717, 1.165) is 0 Å². The highest BCUT2D eigenvalue weighted by Crippen LogP contribution is 2.37. The number of ether oxygens (including phenoxy) is 1. The first-order valence-electron chi connectivity index (χ1n) is 7.90. The maximum absolute atomic E-state index is 13.8. The molecule has 0 radical (unpaired) electrons. The van der Waals surface area contributed by atoms with E-state index in [4.69, 9.17) is 16.3 Å². The van der Waals surface area contributed by atoms with Crippen LogP contribution in [-0.2, 0) is 16.6 Å². The number of para-hydroxylation sites is 1. The number of hydrogen-bond acceptors (Lipinski definition) is 4. The largest absolute Gasteiger partial charge is 0.492 e. The molecule has 2 aromatic rings. The molecule has 1 fully saturated rings. The van der Waals surface area contributed by atoms with Crippen LogP contribution < -0.4 is 10.1 Å². The number of aromatic nitrogens is 2. The summed E-state index contributed by atoms with van der Waals surface area (Å²) in [5, 5.41) is 7.05. The number of anilines is 1. The van der Waals surface area contributed by atoms with Gasteiger partial charge < -0.3 is 15.0 Å². The number of halogens is 2. The zero-order valence-corrected chi connectivity index (χ0v) is 15.2. The second-order valence-corrected chi connectivity index (χ2v) is 6.49. The number of aryl methyl sites for hydroxylation is 1. The Balaban J connectivity index is 1.92. The molecule has 26 heavy (non-hydrogen) atoms. The summed E-state index contributed by atoms with van der Waals surface area (Å²) >= 11 is 6.25. The molecule has 2 amide bonds. The Labute approximate surface area is 154 Å². The van der Waals surface area contributed by atoms with Crippen LogP contribution in [0.2, 0.25) is 5.15 Å². The van der Waals surface area contributed by atoms with Crippen molar-refractivity contribution >= 4 is 29.1 Å². The van der Waals surface area contributed by atoms with Gasteiger partial charge in [-0.25, -0.2) is 4.39 Å². The van der Waals surface area contributed by atoms with Gasteiger partial charge in [0.1, 0.15) is 11.1 Å². The number of likely N-dealkylation sites (N-methyl/N-ethyl adjacent to an activating group) is 1. The summed E-state index contributed by atoms with van der Waals surface area (Å²) in [6, 6.07) is 4.18. The average Bonchev–Trinajstić information content (AvgIpc) is 3.08. The maximum atomic E-state index is 13.8. The predicted molar refractivity (Wildman–Crippen MR) is 93.7 cm³/mol. The van der Waals surface area contributed by atoms with Crippen molar-refractivity contribution in [3.63, 3.8) is 0 Å². The first-order valence-corrected chi connectivity index (χ1v) is 8.28. The number of carbonyl (C=O) groups is 2. The van der Waals surface area contributed by atoms with E-state index in [-0.39, 0.29) is 17.3 Å². The molecular weight excluding hydrogens is 363 g/mol. The Hall–Kier alpha value is -2.61. The normalized spacial score (nSPS) is 19.7. The predicted octanol–water partition coefficient (Wildman–Crippen LogP) is 2.03. The first-order chi connectivity index (χ1) is 12.3. The lowest BCUT2D eigenvalue weighted by atomic mass is 9.89. The molecule has 9 heteroatoms. The Morgan fingerprint density at radius 1 is 1.42 bits per heavy atom. The third-order valence-corrected chi connectivity index (χ3v) is 4.98. The van der Waals surface area contributed by atoms with Gasteiger partial charge in [0.25, 0.3) is 0 Å². The van der Waals surface area contributed by atoms with Crippen LogP contribution in [0.25, 0.3) is 0 Å². The molecule has 2 atom stereocenters. The number of benzene rings is 1. The van der Waals surface area contributed by atoms with Crippen LogP contribution in [0.15, 0.2) is 24.4 Å². The molecule has 1 N–H and O–H groups in total. The Morgan fingerprint density at radius 2 is 2.15 bits per heavy atom. The number of amides is 2. The van der Waals surface area contributed by atoms with Crippen LogP contribution in [-0.4, -0.2) is 47.2 Å². The Kier molecular flexibility index (Phi) is 4.86. The van der Waals surface area contributed by atoms with Gasteiger partial charge in [0.15, 0.2) is 11.6 Å². The van der Waals surface area contributed by atoms with Gasteiger partial charge in [-0.2, -0.15) is 5.10 Å². The Bertz CT molecular complexity index is 870. The zero-order valence-electron chi connectivity index (χ0n) is 14.5. The minimum atomic E-state index is -0.991. The maximum Gasteiger partial charge on any atom is 0.237 e. The van der Waals surface area contributed by atoms with Gasteiger partial charge in [0.2, 0.25) is 11.8 Å². The third-order valence-electron chi connectivity index (χ3n) is 4.52. The van der Waals surface area contributed by atoms with Crippen molar-refractivity contribution in [2.24, 2.45) is 13.0 Å². The van der Waals surface area contributed by atoms with E-state index in [2.05, 4.69) is 10.4 Å². The van der Waals surface area contributed by atoms with Gasteiger partial charge in [-0.05, 0) is 12.1 Å². The van der Waals surface area contributed by atoms with E-state index >= 15 is 0 Å². The van der Waals surface area contributed by atoms with Gasteiger partial charge in [-0.1, -0.05) is 17.7 Å². The summed E-state index contributed by atoms with van der Waals surface area (Å²) in [7, 11) is 4.61. The van der Waals surface area contributed by atoms with Gasteiger partial charge in [-0.3, -0.25) is 14.3 Å². The second kappa shape index (κ2) is 6.95. The Morgan fingerprint density at radius 3 is 2.77 bits per heavy atom. The first kappa shape index (κ1) is 18.2. The molecule has 138 valence electrons. The lowest BCUT2D eigenvalue weighted by Gasteiger charge is -2.17. The highest BCUT2D eigenvalue weighted by molar-refractivity contribution is 6.30.